The van der Waals surface area contributed by atoms with Gasteiger partial charge in [-0.3, -0.25) is 4.79 Å². The molecule has 120 valence electrons. The topological polar surface area (TPSA) is 47.6 Å². The number of methoxy groups -OCH3 is 1. The van der Waals surface area contributed by atoms with Gasteiger partial charge in [-0.2, -0.15) is 0 Å². The minimum Gasteiger partial charge on any atom is -0.493 e. The Labute approximate surface area is 132 Å². The molecule has 0 spiro atoms. The van der Waals surface area contributed by atoms with Crippen molar-refractivity contribution in [1.29, 1.82) is 0 Å². The number of nitrogens with one attached hydrogen (secondary N) is 1. The van der Waals surface area contributed by atoms with E-state index >= 15 is 0 Å². The number of ether oxygens (including phenoxy) is 2. The molecule has 0 bridgehead atoms. The van der Waals surface area contributed by atoms with Gasteiger partial charge in [-0.05, 0) is 51.2 Å². The zero-order valence-electron chi connectivity index (χ0n) is 13.4. The second kappa shape index (κ2) is 8.47. The van der Waals surface area contributed by atoms with Gasteiger partial charge in [0.05, 0.1) is 7.11 Å². The lowest BCUT2D eigenvalue weighted by Gasteiger charge is -2.17. The third-order valence-corrected chi connectivity index (χ3v) is 3.87. The molecular weight excluding hydrogens is 278 g/mol. The number of hydrogen-bond donors (Lipinski definition) is 1. The molecule has 0 saturated heterocycles. The molecule has 0 aliphatic heterocycles. The quantitative estimate of drug-likeness (QED) is 0.785. The van der Waals surface area contributed by atoms with Crippen LogP contribution in [0.5, 0.6) is 11.5 Å². The summed E-state index contributed by atoms with van der Waals surface area (Å²) >= 11 is 0. The summed E-state index contributed by atoms with van der Waals surface area (Å²) in [5.74, 6) is 1.12. The normalized spacial score (nSPS) is 15.6. The average molecular weight is 303 g/mol. The Morgan fingerprint density at radius 3 is 2.73 bits per heavy atom. The summed E-state index contributed by atoms with van der Waals surface area (Å²) in [6.07, 6.45) is 7.61. The van der Waals surface area contributed by atoms with Crippen LogP contribution in [0.3, 0.4) is 0 Å². The van der Waals surface area contributed by atoms with E-state index < -0.39 is 6.10 Å². The van der Waals surface area contributed by atoms with Gasteiger partial charge in [-0.15, -0.1) is 0 Å². The summed E-state index contributed by atoms with van der Waals surface area (Å²) in [6, 6.07) is 7.34. The van der Waals surface area contributed by atoms with Crippen LogP contribution in [-0.4, -0.2) is 25.7 Å². The molecule has 1 aliphatic carbocycles. The molecule has 0 radical (unpaired) electrons. The number of hydrogen-bond acceptors (Lipinski definition) is 3. The number of carbonyl (C=O) groups is 1. The smallest absolute Gasteiger partial charge is 0.260 e. The van der Waals surface area contributed by atoms with Gasteiger partial charge in [-0.1, -0.05) is 23.8 Å². The van der Waals surface area contributed by atoms with Gasteiger partial charge in [0.2, 0.25) is 0 Å². The van der Waals surface area contributed by atoms with Crippen LogP contribution in [0.2, 0.25) is 0 Å². The van der Waals surface area contributed by atoms with Gasteiger partial charge < -0.3 is 14.8 Å². The van der Waals surface area contributed by atoms with E-state index in [1.54, 1.807) is 20.1 Å². The molecule has 1 atom stereocenters. The van der Waals surface area contributed by atoms with Crippen molar-refractivity contribution >= 4 is 5.91 Å². The third kappa shape index (κ3) is 4.79. The molecule has 1 aliphatic rings. The minimum atomic E-state index is -0.545. The molecule has 1 aromatic rings. The van der Waals surface area contributed by atoms with E-state index in [4.69, 9.17) is 9.47 Å². The van der Waals surface area contributed by atoms with Crippen molar-refractivity contribution in [3.63, 3.8) is 0 Å². The van der Waals surface area contributed by atoms with Gasteiger partial charge in [0.1, 0.15) is 0 Å². The molecule has 4 nitrogen and oxygen atoms in total. The molecule has 1 N–H and O–H groups in total. The largest absolute Gasteiger partial charge is 0.493 e. The number of carbonyl (C=O) groups excluding carboxylic acids is 1. The summed E-state index contributed by atoms with van der Waals surface area (Å²) in [5, 5.41) is 2.94. The Hall–Kier alpha value is -1.97. The lowest BCUT2D eigenvalue weighted by molar-refractivity contribution is -0.127. The van der Waals surface area contributed by atoms with E-state index in [0.717, 1.165) is 6.42 Å². The molecule has 0 fully saturated rings. The average Bonchev–Trinajstić information content (AvgIpc) is 2.56. The fraction of sp³-hybridized carbons (Fsp3) is 0.500. The zero-order valence-corrected chi connectivity index (χ0v) is 13.4. The predicted octanol–water partition coefficient (Wildman–Crippen LogP) is 3.47. The second-order valence-electron chi connectivity index (χ2n) is 5.56. The van der Waals surface area contributed by atoms with Crippen molar-refractivity contribution in [3.05, 3.63) is 35.9 Å². The Kier molecular flexibility index (Phi) is 6.31. The van der Waals surface area contributed by atoms with Crippen LogP contribution in [0, 0.1) is 0 Å². The molecule has 2 rings (SSSR count). The molecule has 4 heteroatoms. The fourth-order valence-electron chi connectivity index (χ4n) is 2.58. The van der Waals surface area contributed by atoms with Crippen LogP contribution >= 0.6 is 0 Å². The van der Waals surface area contributed by atoms with Crippen LogP contribution in [0.1, 0.15) is 39.0 Å². The van der Waals surface area contributed by atoms with E-state index in [1.165, 1.54) is 31.3 Å². The zero-order chi connectivity index (χ0) is 15.8. The van der Waals surface area contributed by atoms with Crippen LogP contribution < -0.4 is 14.8 Å². The summed E-state index contributed by atoms with van der Waals surface area (Å²) in [5.41, 5.74) is 1.46. The number of para-hydroxylation sites is 2. The Morgan fingerprint density at radius 2 is 2.05 bits per heavy atom. The predicted molar refractivity (Wildman–Crippen MR) is 87.3 cm³/mol. The van der Waals surface area contributed by atoms with Gasteiger partial charge >= 0.3 is 0 Å². The third-order valence-electron chi connectivity index (χ3n) is 3.87. The molecule has 0 saturated carbocycles. The van der Waals surface area contributed by atoms with Gasteiger partial charge in [0.25, 0.3) is 5.91 Å². The lowest BCUT2D eigenvalue weighted by Crippen LogP contribution is -2.37. The first-order chi connectivity index (χ1) is 10.7. The summed E-state index contributed by atoms with van der Waals surface area (Å²) in [7, 11) is 1.59. The number of benzene rings is 1. The monoisotopic (exact) mass is 303 g/mol. The van der Waals surface area contributed by atoms with Crippen LogP contribution in [0.25, 0.3) is 0 Å². The highest BCUT2D eigenvalue weighted by atomic mass is 16.5. The first kappa shape index (κ1) is 16.4. The number of amides is 1. The highest BCUT2D eigenvalue weighted by Crippen LogP contribution is 2.26. The molecule has 22 heavy (non-hydrogen) atoms. The molecule has 1 aromatic carbocycles. The highest BCUT2D eigenvalue weighted by molar-refractivity contribution is 5.80. The van der Waals surface area contributed by atoms with Crippen molar-refractivity contribution in [1.82, 2.24) is 5.32 Å². The van der Waals surface area contributed by atoms with Gasteiger partial charge in [-0.25, -0.2) is 0 Å². The van der Waals surface area contributed by atoms with Crippen LogP contribution in [0.15, 0.2) is 35.9 Å². The number of allylic oxidation sites excluding steroid dienone is 1. The maximum absolute atomic E-state index is 12.1. The van der Waals surface area contributed by atoms with E-state index in [1.807, 2.05) is 18.2 Å². The Morgan fingerprint density at radius 1 is 1.27 bits per heavy atom. The summed E-state index contributed by atoms with van der Waals surface area (Å²) in [4.78, 5) is 12.1. The molecular formula is C18H25NO3. The van der Waals surface area contributed by atoms with E-state index in [-0.39, 0.29) is 5.91 Å². The minimum absolute atomic E-state index is 0.0951. The van der Waals surface area contributed by atoms with Crippen molar-refractivity contribution in [2.45, 2.75) is 45.1 Å². The second-order valence-corrected chi connectivity index (χ2v) is 5.56. The number of rotatable bonds is 7. The Balaban J connectivity index is 1.78. The highest BCUT2D eigenvalue weighted by Gasteiger charge is 2.16. The van der Waals surface area contributed by atoms with E-state index in [9.17, 15) is 4.79 Å². The van der Waals surface area contributed by atoms with E-state index in [2.05, 4.69) is 11.4 Å². The van der Waals surface area contributed by atoms with Gasteiger partial charge in [0.15, 0.2) is 17.6 Å². The van der Waals surface area contributed by atoms with Crippen molar-refractivity contribution < 1.29 is 14.3 Å². The summed E-state index contributed by atoms with van der Waals surface area (Å²) in [6.45, 7) is 2.42. The van der Waals surface area contributed by atoms with E-state index in [0.29, 0.717) is 18.0 Å². The summed E-state index contributed by atoms with van der Waals surface area (Å²) < 4.78 is 10.9. The lowest BCUT2D eigenvalue weighted by atomic mass is 9.97. The maximum atomic E-state index is 12.1. The molecule has 0 heterocycles. The SMILES string of the molecule is COc1ccccc1O[C@H](C)C(=O)NCCC1=CCCCC1. The Bertz CT molecular complexity index is 525. The van der Waals surface area contributed by atoms with Crippen LogP contribution in [0.4, 0.5) is 0 Å². The first-order valence-corrected chi connectivity index (χ1v) is 7.96. The van der Waals surface area contributed by atoms with Crippen molar-refractivity contribution in [3.8, 4) is 11.5 Å². The van der Waals surface area contributed by atoms with Crippen LogP contribution in [-0.2, 0) is 4.79 Å². The molecule has 0 unspecified atom stereocenters. The first-order valence-electron chi connectivity index (χ1n) is 7.96. The van der Waals surface area contributed by atoms with Gasteiger partial charge in [0, 0.05) is 6.54 Å². The van der Waals surface area contributed by atoms with Crippen molar-refractivity contribution in [2.24, 2.45) is 0 Å². The standard InChI is InChI=1S/C18H25NO3/c1-14(22-17-11-7-6-10-16(17)21-2)18(20)19-13-12-15-8-4-3-5-9-15/h6-8,10-11,14H,3-5,9,12-13H2,1-2H3,(H,19,20)/t14-/m1/s1. The fourth-order valence-corrected chi connectivity index (χ4v) is 2.58. The molecule has 1 amide bonds. The molecule has 0 aromatic heterocycles. The van der Waals surface area contributed by atoms with Crippen molar-refractivity contribution in [2.75, 3.05) is 13.7 Å². The maximum Gasteiger partial charge on any atom is 0.260 e.